The summed E-state index contributed by atoms with van der Waals surface area (Å²) in [5.74, 6) is 1.28. The highest BCUT2D eigenvalue weighted by molar-refractivity contribution is 5.35. The van der Waals surface area contributed by atoms with Gasteiger partial charge in [-0.3, -0.25) is 0 Å². The first-order chi connectivity index (χ1) is 7.66. The molecule has 1 unspecified atom stereocenters. The predicted octanol–water partition coefficient (Wildman–Crippen LogP) is 3.56. The molecule has 0 heterocycles. The first-order valence-corrected chi connectivity index (χ1v) is 6.02. The monoisotopic (exact) mass is 222 g/mol. The lowest BCUT2D eigenvalue weighted by Crippen LogP contribution is -2.10. The number of phenolic OH excluding ortho intramolecular Hbond substituents is 1. The fraction of sp³-hybridized carbons (Fsp3) is 0.571. The molecule has 0 aliphatic heterocycles. The number of aromatic hydroxyl groups is 1. The van der Waals surface area contributed by atoms with E-state index in [0.717, 1.165) is 25.2 Å². The standard InChI is InChI=1S/C14H22O2/c1-4-16-10-9-12(11(2)3)13-7-5-6-8-14(13)15/h5-8,11-12,15H,4,9-10H2,1-3H3. The molecule has 90 valence electrons. The second kappa shape index (κ2) is 6.54. The van der Waals surface area contributed by atoms with Crippen LogP contribution in [0.2, 0.25) is 0 Å². The molecule has 1 aromatic rings. The summed E-state index contributed by atoms with van der Waals surface area (Å²) in [6.07, 6.45) is 0.961. The van der Waals surface area contributed by atoms with Crippen LogP contribution in [-0.2, 0) is 4.74 Å². The molecule has 0 spiro atoms. The Hall–Kier alpha value is -1.02. The third-order valence-electron chi connectivity index (χ3n) is 2.92. The SMILES string of the molecule is CCOCCC(c1ccccc1O)C(C)C. The summed E-state index contributed by atoms with van der Waals surface area (Å²) >= 11 is 0. The Bertz CT molecular complexity index is 307. The topological polar surface area (TPSA) is 29.5 Å². The Labute approximate surface area is 98.3 Å². The Kier molecular flexibility index (Phi) is 5.33. The summed E-state index contributed by atoms with van der Waals surface area (Å²) in [6, 6.07) is 7.60. The lowest BCUT2D eigenvalue weighted by atomic mass is 9.85. The summed E-state index contributed by atoms with van der Waals surface area (Å²) in [5.41, 5.74) is 1.04. The van der Waals surface area contributed by atoms with Gasteiger partial charge in [-0.1, -0.05) is 32.0 Å². The maximum atomic E-state index is 9.85. The molecule has 1 aromatic carbocycles. The molecule has 0 amide bonds. The average Bonchev–Trinajstić information content (AvgIpc) is 2.25. The molecule has 2 heteroatoms. The highest BCUT2D eigenvalue weighted by Crippen LogP contribution is 2.33. The number of hydrogen-bond donors (Lipinski definition) is 1. The first-order valence-electron chi connectivity index (χ1n) is 6.02. The van der Waals surface area contributed by atoms with Crippen molar-refractivity contribution in [3.05, 3.63) is 29.8 Å². The largest absolute Gasteiger partial charge is 0.508 e. The maximum Gasteiger partial charge on any atom is 0.119 e. The van der Waals surface area contributed by atoms with Crippen LogP contribution in [0.5, 0.6) is 5.75 Å². The van der Waals surface area contributed by atoms with Crippen molar-refractivity contribution in [2.75, 3.05) is 13.2 Å². The van der Waals surface area contributed by atoms with Gasteiger partial charge in [0.1, 0.15) is 5.75 Å². The summed E-state index contributed by atoms with van der Waals surface area (Å²) < 4.78 is 5.39. The Morgan fingerprint density at radius 2 is 1.94 bits per heavy atom. The van der Waals surface area contributed by atoms with Crippen LogP contribution in [0.15, 0.2) is 24.3 Å². The second-order valence-corrected chi connectivity index (χ2v) is 4.39. The van der Waals surface area contributed by atoms with Crippen LogP contribution in [0.25, 0.3) is 0 Å². The van der Waals surface area contributed by atoms with Crippen molar-refractivity contribution in [2.24, 2.45) is 5.92 Å². The van der Waals surface area contributed by atoms with Crippen molar-refractivity contribution in [3.63, 3.8) is 0 Å². The van der Waals surface area contributed by atoms with Crippen molar-refractivity contribution in [1.82, 2.24) is 0 Å². The first kappa shape index (κ1) is 13.0. The Morgan fingerprint density at radius 1 is 1.25 bits per heavy atom. The van der Waals surface area contributed by atoms with E-state index >= 15 is 0 Å². The molecule has 0 aromatic heterocycles. The predicted molar refractivity (Wildman–Crippen MR) is 66.8 cm³/mol. The number of rotatable bonds is 6. The van der Waals surface area contributed by atoms with Gasteiger partial charge in [-0.15, -0.1) is 0 Å². The lowest BCUT2D eigenvalue weighted by Gasteiger charge is -2.22. The van der Waals surface area contributed by atoms with E-state index in [0.29, 0.717) is 17.6 Å². The van der Waals surface area contributed by atoms with Crippen molar-refractivity contribution < 1.29 is 9.84 Å². The van der Waals surface area contributed by atoms with Crippen LogP contribution < -0.4 is 0 Å². The van der Waals surface area contributed by atoms with Crippen molar-refractivity contribution in [3.8, 4) is 5.75 Å². The molecule has 0 bridgehead atoms. The summed E-state index contributed by atoms with van der Waals surface area (Å²) in [4.78, 5) is 0. The molecule has 0 fully saturated rings. The van der Waals surface area contributed by atoms with Gasteiger partial charge >= 0.3 is 0 Å². The molecule has 1 rings (SSSR count). The molecular formula is C14H22O2. The quantitative estimate of drug-likeness (QED) is 0.746. The van der Waals surface area contributed by atoms with Crippen LogP contribution in [0.4, 0.5) is 0 Å². The molecule has 0 saturated carbocycles. The van der Waals surface area contributed by atoms with Crippen molar-refractivity contribution >= 4 is 0 Å². The molecule has 2 nitrogen and oxygen atoms in total. The smallest absolute Gasteiger partial charge is 0.119 e. The summed E-state index contributed by atoms with van der Waals surface area (Å²) in [6.45, 7) is 7.88. The van der Waals surface area contributed by atoms with Gasteiger partial charge in [-0.05, 0) is 36.8 Å². The molecule has 0 saturated heterocycles. The fourth-order valence-corrected chi connectivity index (χ4v) is 2.00. The van der Waals surface area contributed by atoms with Crippen LogP contribution in [-0.4, -0.2) is 18.3 Å². The number of phenols is 1. The normalized spacial score (nSPS) is 13.0. The highest BCUT2D eigenvalue weighted by atomic mass is 16.5. The van der Waals surface area contributed by atoms with E-state index in [1.807, 2.05) is 25.1 Å². The number of ether oxygens (including phenoxy) is 1. The van der Waals surface area contributed by atoms with Gasteiger partial charge in [0.25, 0.3) is 0 Å². The Balaban J connectivity index is 2.74. The number of benzene rings is 1. The average molecular weight is 222 g/mol. The van der Waals surface area contributed by atoms with Crippen LogP contribution in [0, 0.1) is 5.92 Å². The summed E-state index contributed by atoms with van der Waals surface area (Å²) in [7, 11) is 0. The van der Waals surface area contributed by atoms with E-state index < -0.39 is 0 Å². The van der Waals surface area contributed by atoms with E-state index in [1.54, 1.807) is 6.07 Å². The molecule has 0 aliphatic rings. The van der Waals surface area contributed by atoms with Crippen molar-refractivity contribution in [2.45, 2.75) is 33.1 Å². The van der Waals surface area contributed by atoms with Crippen LogP contribution >= 0.6 is 0 Å². The lowest BCUT2D eigenvalue weighted by molar-refractivity contribution is 0.135. The fourth-order valence-electron chi connectivity index (χ4n) is 2.00. The van der Waals surface area contributed by atoms with E-state index in [9.17, 15) is 5.11 Å². The second-order valence-electron chi connectivity index (χ2n) is 4.39. The highest BCUT2D eigenvalue weighted by Gasteiger charge is 2.18. The zero-order valence-electron chi connectivity index (χ0n) is 10.4. The third kappa shape index (κ3) is 3.53. The van der Waals surface area contributed by atoms with Gasteiger partial charge in [0.2, 0.25) is 0 Å². The van der Waals surface area contributed by atoms with E-state index in [-0.39, 0.29) is 0 Å². The Morgan fingerprint density at radius 3 is 2.50 bits per heavy atom. The third-order valence-corrected chi connectivity index (χ3v) is 2.92. The van der Waals surface area contributed by atoms with Crippen LogP contribution in [0.3, 0.4) is 0 Å². The minimum absolute atomic E-state index is 0.368. The molecule has 1 N–H and O–H groups in total. The van der Waals surface area contributed by atoms with Crippen molar-refractivity contribution in [1.29, 1.82) is 0 Å². The summed E-state index contributed by atoms with van der Waals surface area (Å²) in [5, 5.41) is 9.85. The molecule has 16 heavy (non-hydrogen) atoms. The molecular weight excluding hydrogens is 200 g/mol. The molecule has 0 aliphatic carbocycles. The van der Waals surface area contributed by atoms with Crippen LogP contribution in [0.1, 0.15) is 38.7 Å². The molecule has 1 atom stereocenters. The zero-order valence-corrected chi connectivity index (χ0v) is 10.4. The van der Waals surface area contributed by atoms with E-state index in [4.69, 9.17) is 4.74 Å². The zero-order chi connectivity index (χ0) is 12.0. The van der Waals surface area contributed by atoms with Gasteiger partial charge in [-0.2, -0.15) is 0 Å². The minimum Gasteiger partial charge on any atom is -0.508 e. The number of para-hydroxylation sites is 1. The van der Waals surface area contributed by atoms with Gasteiger partial charge in [-0.25, -0.2) is 0 Å². The van der Waals surface area contributed by atoms with Gasteiger partial charge < -0.3 is 9.84 Å². The minimum atomic E-state index is 0.368. The van der Waals surface area contributed by atoms with E-state index in [2.05, 4.69) is 13.8 Å². The maximum absolute atomic E-state index is 9.85. The van der Waals surface area contributed by atoms with Gasteiger partial charge in [0.15, 0.2) is 0 Å². The van der Waals surface area contributed by atoms with E-state index in [1.165, 1.54) is 0 Å². The molecule has 0 radical (unpaired) electrons. The van der Waals surface area contributed by atoms with Gasteiger partial charge in [0, 0.05) is 13.2 Å². The van der Waals surface area contributed by atoms with Gasteiger partial charge in [0.05, 0.1) is 0 Å². The number of hydrogen-bond acceptors (Lipinski definition) is 2.